The van der Waals surface area contributed by atoms with Gasteiger partial charge in [0, 0.05) is 82.3 Å². The van der Waals surface area contributed by atoms with E-state index in [0.717, 1.165) is 32.1 Å². The molecular formula is C55H74N8O9. The number of urea groups is 1. The van der Waals surface area contributed by atoms with E-state index in [1.165, 1.54) is 28.4 Å². The summed E-state index contributed by atoms with van der Waals surface area (Å²) >= 11 is 0. The van der Waals surface area contributed by atoms with Gasteiger partial charge in [-0.3, -0.25) is 43.3 Å². The summed E-state index contributed by atoms with van der Waals surface area (Å²) in [5.74, 6) is -8.82. The molecule has 0 bridgehead atoms. The molecule has 1 aliphatic carbocycles. The van der Waals surface area contributed by atoms with Crippen molar-refractivity contribution in [2.75, 3.05) is 32.5 Å². The zero-order valence-electron chi connectivity index (χ0n) is 43.2. The molecule has 17 heteroatoms. The fraction of sp³-hybridized carbons (Fsp3) is 0.545. The van der Waals surface area contributed by atoms with Crippen molar-refractivity contribution < 1.29 is 43.2 Å². The molecule has 2 fully saturated rings. The smallest absolute Gasteiger partial charge is 0.321 e. The number of Topliss-reactive ketones (excluding diaryl/α,β-unsaturated/α-hetero) is 4. The number of hydrogen-bond acceptors (Lipinski definition) is 11. The molecule has 5 rings (SSSR count). The Bertz CT molecular complexity index is 2370. The van der Waals surface area contributed by atoms with E-state index in [0.29, 0.717) is 17.7 Å². The van der Waals surface area contributed by atoms with E-state index in [4.69, 9.17) is 0 Å². The number of likely N-dealkylation sites (N-methyl/N-ethyl adjacent to an activating group) is 1. The summed E-state index contributed by atoms with van der Waals surface area (Å²) in [6.07, 6.45) is 8.06. The normalized spacial score (nSPS) is 18.2. The highest BCUT2D eigenvalue weighted by atomic mass is 16.2. The number of carbonyl (C=O) groups excluding carboxylic acids is 9. The molecule has 17 nitrogen and oxygen atoms in total. The van der Waals surface area contributed by atoms with Crippen LogP contribution in [0.3, 0.4) is 0 Å². The molecule has 1 saturated carbocycles. The number of amides is 6. The zero-order chi connectivity index (χ0) is 52.7. The molecule has 1 aromatic heterocycles. The predicted molar refractivity (Wildman–Crippen MR) is 272 cm³/mol. The third-order valence-corrected chi connectivity index (χ3v) is 14.1. The minimum Gasteiger partial charge on any atom is -0.351 e. The lowest BCUT2D eigenvalue weighted by Gasteiger charge is -2.34. The van der Waals surface area contributed by atoms with Crippen LogP contribution in [0.1, 0.15) is 128 Å². The molecule has 0 spiro atoms. The van der Waals surface area contributed by atoms with Crippen molar-refractivity contribution in [3.05, 3.63) is 90.5 Å². The van der Waals surface area contributed by atoms with Gasteiger partial charge in [0.1, 0.15) is 17.5 Å². The second kappa shape index (κ2) is 26.2. The van der Waals surface area contributed by atoms with Gasteiger partial charge in [-0.1, -0.05) is 116 Å². The van der Waals surface area contributed by atoms with Gasteiger partial charge in [-0.25, -0.2) is 9.78 Å². The average Bonchev–Trinajstić information content (AvgIpc) is 3.79. The first-order valence-corrected chi connectivity index (χ1v) is 25.4. The molecule has 7 atom stereocenters. The van der Waals surface area contributed by atoms with Crippen LogP contribution >= 0.6 is 0 Å². The second-order valence-electron chi connectivity index (χ2n) is 21.0. The Balaban J connectivity index is 1.36. The van der Waals surface area contributed by atoms with Crippen LogP contribution in [0.2, 0.25) is 0 Å². The molecule has 1 aliphatic heterocycles. The molecular weight excluding hydrogens is 917 g/mol. The molecule has 2 aromatic carbocycles. The van der Waals surface area contributed by atoms with E-state index in [1.807, 2.05) is 27.7 Å². The van der Waals surface area contributed by atoms with Crippen molar-refractivity contribution in [1.82, 2.24) is 35.7 Å². The standard InChI is InChI=1S/C55H74N8O9/c1-9-19-37(49(67)46(66)29-39(34(2)3)50(68)61-48(53(71)62(7)8)36-22-15-11-16-23-36)28-44(64)40-32-63(54(72)58-38-24-17-12-18-25-38)33-43(40)59-51(69)41(55(4,5)6)30-45(65)47(35-20-13-10-14-21-35)60-52(70)42-31-56-26-27-57-42/h11-12,15-18,22-27,31,34-35,37,39-41,43,47-48H,9-10,13-14,19-21,28-30,32-33H2,1-8H3,(H,58,72)(H,59,69)(H,60,70)(H,61,68)/t37-,39+,40-,41-,43+,47+,48+/m1/s1. The number of likely N-dealkylation sites (tertiary alicyclic amines) is 1. The highest BCUT2D eigenvalue weighted by Gasteiger charge is 2.45. The lowest BCUT2D eigenvalue weighted by atomic mass is 9.74. The number of hydrogen-bond donors (Lipinski definition) is 4. The van der Waals surface area contributed by atoms with Crippen molar-refractivity contribution in [3.8, 4) is 0 Å². The molecule has 0 unspecified atom stereocenters. The minimum absolute atomic E-state index is 0.0653. The maximum Gasteiger partial charge on any atom is 0.321 e. The fourth-order valence-corrected chi connectivity index (χ4v) is 9.80. The molecule has 6 amide bonds. The van der Waals surface area contributed by atoms with Crippen molar-refractivity contribution in [2.45, 2.75) is 124 Å². The Kier molecular flexibility index (Phi) is 20.4. The highest BCUT2D eigenvalue weighted by Crippen LogP contribution is 2.34. The number of rotatable bonds is 23. The van der Waals surface area contributed by atoms with Crippen LogP contribution in [0.25, 0.3) is 0 Å². The van der Waals surface area contributed by atoms with Crippen LogP contribution in [0.4, 0.5) is 10.5 Å². The van der Waals surface area contributed by atoms with E-state index in [9.17, 15) is 43.2 Å². The van der Waals surface area contributed by atoms with E-state index in [1.54, 1.807) is 88.6 Å². The average molecular weight is 991 g/mol. The van der Waals surface area contributed by atoms with Gasteiger partial charge in [-0.15, -0.1) is 0 Å². The Morgan fingerprint density at radius 1 is 0.792 bits per heavy atom. The van der Waals surface area contributed by atoms with Crippen LogP contribution in [0, 0.1) is 40.9 Å². The van der Waals surface area contributed by atoms with E-state index in [2.05, 4.69) is 31.2 Å². The van der Waals surface area contributed by atoms with Gasteiger partial charge in [0.05, 0.1) is 24.2 Å². The number of benzene rings is 2. The van der Waals surface area contributed by atoms with Gasteiger partial charge in [-0.2, -0.15) is 0 Å². The fourth-order valence-electron chi connectivity index (χ4n) is 9.80. The summed E-state index contributed by atoms with van der Waals surface area (Å²) in [6.45, 7) is 10.7. The van der Waals surface area contributed by atoms with Crippen LogP contribution in [-0.4, -0.2) is 112 Å². The minimum atomic E-state index is -1.05. The summed E-state index contributed by atoms with van der Waals surface area (Å²) < 4.78 is 0. The first-order valence-electron chi connectivity index (χ1n) is 25.4. The summed E-state index contributed by atoms with van der Waals surface area (Å²) in [5.41, 5.74) is 0.362. The number of ketones is 4. The van der Waals surface area contributed by atoms with Gasteiger partial charge in [0.2, 0.25) is 23.5 Å². The monoisotopic (exact) mass is 991 g/mol. The van der Waals surface area contributed by atoms with Crippen LogP contribution in [0.5, 0.6) is 0 Å². The van der Waals surface area contributed by atoms with Gasteiger partial charge in [-0.05, 0) is 54.2 Å². The Morgan fingerprint density at radius 3 is 2.03 bits per heavy atom. The van der Waals surface area contributed by atoms with Gasteiger partial charge in [0.25, 0.3) is 5.91 Å². The Morgan fingerprint density at radius 2 is 1.44 bits per heavy atom. The largest absolute Gasteiger partial charge is 0.351 e. The SMILES string of the molecule is CCC[C@H](CC(=O)[C@@H]1CN(C(=O)Nc2ccccc2)C[C@@H]1NC(=O)[C@@H](CC(=O)[C@@H](NC(=O)c1cnccn1)C1CCCCC1)C(C)(C)C)C(=O)C(=O)C[C@H](C(=O)N[C@H](C(=O)N(C)C)c1ccccc1)C(C)C. The van der Waals surface area contributed by atoms with E-state index in [-0.39, 0.29) is 55.7 Å². The molecule has 72 heavy (non-hydrogen) atoms. The summed E-state index contributed by atoms with van der Waals surface area (Å²) in [5, 5.41) is 11.6. The second-order valence-corrected chi connectivity index (χ2v) is 21.0. The molecule has 0 radical (unpaired) electrons. The first kappa shape index (κ1) is 56.3. The maximum absolute atomic E-state index is 14.7. The van der Waals surface area contributed by atoms with Gasteiger partial charge >= 0.3 is 6.03 Å². The van der Waals surface area contributed by atoms with Crippen molar-refractivity contribution >= 4 is 58.5 Å². The third kappa shape index (κ3) is 15.4. The van der Waals surface area contributed by atoms with Crippen LogP contribution < -0.4 is 21.3 Å². The number of carbonyl (C=O) groups is 9. The predicted octanol–water partition coefficient (Wildman–Crippen LogP) is 6.55. The highest BCUT2D eigenvalue weighted by molar-refractivity contribution is 6.38. The molecule has 3 aromatic rings. The van der Waals surface area contributed by atoms with Crippen molar-refractivity contribution in [2.24, 2.45) is 40.9 Å². The Labute approximate surface area is 423 Å². The van der Waals surface area contributed by atoms with E-state index < -0.39 is 101 Å². The molecule has 1 saturated heterocycles. The quantitative estimate of drug-likeness (QED) is 0.0744. The summed E-state index contributed by atoms with van der Waals surface area (Å²) in [6, 6.07) is 14.1. The number of nitrogens with one attached hydrogen (secondary N) is 4. The number of nitrogens with zero attached hydrogens (tertiary/aromatic N) is 4. The van der Waals surface area contributed by atoms with Gasteiger partial charge in [0.15, 0.2) is 11.6 Å². The number of para-hydroxylation sites is 1. The lowest BCUT2D eigenvalue weighted by Crippen LogP contribution is -2.51. The van der Waals surface area contributed by atoms with E-state index >= 15 is 0 Å². The number of anilines is 1. The first-order chi connectivity index (χ1) is 34.2. The zero-order valence-corrected chi connectivity index (χ0v) is 43.2. The van der Waals surface area contributed by atoms with Crippen LogP contribution in [0.15, 0.2) is 79.3 Å². The summed E-state index contributed by atoms with van der Waals surface area (Å²) in [4.78, 5) is 137. The molecule has 388 valence electrons. The van der Waals surface area contributed by atoms with Gasteiger partial charge < -0.3 is 31.1 Å². The molecule has 2 heterocycles. The van der Waals surface area contributed by atoms with Crippen molar-refractivity contribution in [1.29, 1.82) is 0 Å². The maximum atomic E-state index is 14.7. The Hall–Kier alpha value is -6.65. The third-order valence-electron chi connectivity index (χ3n) is 14.1. The topological polar surface area (TPSA) is 234 Å². The lowest BCUT2D eigenvalue weighted by molar-refractivity contribution is -0.143. The number of aromatic nitrogens is 2. The molecule has 2 aliphatic rings. The summed E-state index contributed by atoms with van der Waals surface area (Å²) in [7, 11) is 3.15. The van der Waals surface area contributed by atoms with Crippen LogP contribution in [-0.2, 0) is 33.6 Å². The molecule has 4 N–H and O–H groups in total. The van der Waals surface area contributed by atoms with Crippen molar-refractivity contribution in [3.63, 3.8) is 0 Å².